The lowest BCUT2D eigenvalue weighted by Gasteiger charge is -2.42. The molecule has 1 heterocycles. The zero-order valence-electron chi connectivity index (χ0n) is 20.4. The fraction of sp³-hybridized carbons (Fsp3) is 0.500. The van der Waals surface area contributed by atoms with Crippen molar-refractivity contribution < 1.29 is 23.8 Å². The Hall–Kier alpha value is -2.18. The Kier molecular flexibility index (Phi) is 8.01. The molecule has 0 fully saturated rings. The maximum Gasteiger partial charge on any atom is 0.304 e. The first kappa shape index (κ1) is 25.4. The molecule has 0 aromatic heterocycles. The van der Waals surface area contributed by atoms with Crippen LogP contribution in [0.3, 0.4) is 0 Å². The van der Waals surface area contributed by atoms with Gasteiger partial charge in [-0.15, -0.1) is 0 Å². The SMILES string of the molecule is CC(C)[Si](Oc1ccc(COc2ccc3c(c2)OCC3CC(=O)O)c(Cl)c1)(C(C)C)C(C)C. The lowest BCUT2D eigenvalue weighted by Crippen LogP contribution is -2.50. The number of ether oxygens (including phenoxy) is 2. The van der Waals surface area contributed by atoms with E-state index in [1.165, 1.54) is 0 Å². The molecular weight excluding hydrogens is 456 g/mol. The summed E-state index contributed by atoms with van der Waals surface area (Å²) in [5.41, 5.74) is 3.24. The highest BCUT2D eigenvalue weighted by Gasteiger charge is 2.47. The van der Waals surface area contributed by atoms with Gasteiger partial charge in [0.2, 0.25) is 0 Å². The summed E-state index contributed by atoms with van der Waals surface area (Å²) >= 11 is 6.60. The molecule has 0 bridgehead atoms. The normalized spacial score (nSPS) is 15.6. The molecule has 1 N–H and O–H groups in total. The molecule has 0 radical (unpaired) electrons. The van der Waals surface area contributed by atoms with Gasteiger partial charge in [-0.25, -0.2) is 0 Å². The van der Waals surface area contributed by atoms with Crippen molar-refractivity contribution in [3.8, 4) is 17.2 Å². The highest BCUT2D eigenvalue weighted by Crippen LogP contribution is 2.43. The smallest absolute Gasteiger partial charge is 0.304 e. The third kappa shape index (κ3) is 5.49. The number of fused-ring (bicyclic) bond motifs is 1. The van der Waals surface area contributed by atoms with Gasteiger partial charge in [-0.05, 0) is 34.8 Å². The molecule has 1 aliphatic rings. The second-order valence-electron chi connectivity index (χ2n) is 9.77. The summed E-state index contributed by atoms with van der Waals surface area (Å²) in [5.74, 6) is 1.22. The van der Waals surface area contributed by atoms with E-state index >= 15 is 0 Å². The standard InChI is InChI=1S/C26H35ClO5Si/c1-16(2)33(17(3)4,18(5)6)32-22-8-7-19(24(27)12-22)14-30-21-9-10-23-20(11-26(28)29)15-31-25(23)13-21/h7-10,12-13,16-18,20H,11,14-15H2,1-6H3,(H,28,29). The minimum Gasteiger partial charge on any atom is -0.543 e. The van der Waals surface area contributed by atoms with Crippen LogP contribution in [0.5, 0.6) is 17.2 Å². The van der Waals surface area contributed by atoms with Gasteiger partial charge in [-0.3, -0.25) is 4.79 Å². The molecule has 0 aliphatic carbocycles. The Morgan fingerprint density at radius 3 is 2.27 bits per heavy atom. The lowest BCUT2D eigenvalue weighted by atomic mass is 9.98. The maximum atomic E-state index is 11.0. The van der Waals surface area contributed by atoms with Gasteiger partial charge < -0.3 is 19.0 Å². The van der Waals surface area contributed by atoms with E-state index in [0.29, 0.717) is 46.4 Å². The Labute approximate surface area is 203 Å². The fourth-order valence-corrected chi connectivity index (χ4v) is 10.6. The van der Waals surface area contributed by atoms with E-state index in [2.05, 4.69) is 41.5 Å². The average molecular weight is 491 g/mol. The van der Waals surface area contributed by atoms with Gasteiger partial charge in [-0.1, -0.05) is 65.3 Å². The van der Waals surface area contributed by atoms with E-state index in [1.54, 1.807) is 0 Å². The van der Waals surface area contributed by atoms with E-state index < -0.39 is 14.3 Å². The molecule has 2 aromatic carbocycles. The Bertz CT molecular complexity index is 967. The molecule has 180 valence electrons. The molecule has 1 unspecified atom stereocenters. The van der Waals surface area contributed by atoms with E-state index in [4.69, 9.17) is 30.6 Å². The first-order valence-corrected chi connectivity index (χ1v) is 14.1. The van der Waals surface area contributed by atoms with Crippen molar-refractivity contribution in [2.24, 2.45) is 0 Å². The van der Waals surface area contributed by atoms with E-state index in [0.717, 1.165) is 16.9 Å². The van der Waals surface area contributed by atoms with Gasteiger partial charge in [0.25, 0.3) is 8.32 Å². The van der Waals surface area contributed by atoms with Gasteiger partial charge in [0.15, 0.2) is 0 Å². The van der Waals surface area contributed by atoms with Crippen LogP contribution in [0.25, 0.3) is 0 Å². The summed E-state index contributed by atoms with van der Waals surface area (Å²) < 4.78 is 18.4. The molecule has 0 saturated carbocycles. The number of rotatable bonds is 10. The summed E-state index contributed by atoms with van der Waals surface area (Å²) in [4.78, 5) is 11.0. The van der Waals surface area contributed by atoms with Crippen molar-refractivity contribution in [1.29, 1.82) is 0 Å². The third-order valence-corrected chi connectivity index (χ3v) is 13.1. The molecule has 2 aromatic rings. The van der Waals surface area contributed by atoms with Crippen LogP contribution in [0.2, 0.25) is 21.6 Å². The fourth-order valence-electron chi connectivity index (χ4n) is 5.15. The van der Waals surface area contributed by atoms with Crippen LogP contribution in [-0.4, -0.2) is 26.0 Å². The number of benzene rings is 2. The minimum absolute atomic E-state index is 0.0613. The summed E-state index contributed by atoms with van der Waals surface area (Å²) in [5, 5.41) is 9.67. The molecule has 0 amide bonds. The van der Waals surface area contributed by atoms with Gasteiger partial charge in [0, 0.05) is 23.1 Å². The zero-order chi connectivity index (χ0) is 24.3. The predicted molar refractivity (Wildman–Crippen MR) is 134 cm³/mol. The molecule has 3 rings (SSSR count). The summed E-state index contributed by atoms with van der Waals surface area (Å²) in [6, 6.07) is 11.4. The van der Waals surface area contributed by atoms with Gasteiger partial charge in [0.05, 0.1) is 18.1 Å². The summed E-state index contributed by atoms with van der Waals surface area (Å²) in [6.07, 6.45) is 0.0613. The first-order valence-electron chi connectivity index (χ1n) is 11.6. The van der Waals surface area contributed by atoms with Crippen molar-refractivity contribution >= 4 is 25.9 Å². The highest BCUT2D eigenvalue weighted by molar-refractivity contribution is 6.78. The molecule has 5 nitrogen and oxygen atoms in total. The number of hydrogen-bond donors (Lipinski definition) is 1. The van der Waals surface area contributed by atoms with Crippen LogP contribution >= 0.6 is 11.6 Å². The number of carboxylic acids is 1. The van der Waals surface area contributed by atoms with E-state index in [-0.39, 0.29) is 12.3 Å². The van der Waals surface area contributed by atoms with Crippen molar-refractivity contribution in [2.75, 3.05) is 6.61 Å². The predicted octanol–water partition coefficient (Wildman–Crippen LogP) is 7.42. The number of carboxylic acid groups (broad SMARTS) is 1. The molecule has 0 spiro atoms. The summed E-state index contributed by atoms with van der Waals surface area (Å²) in [7, 11) is -2.05. The number of carbonyl (C=O) groups is 1. The number of halogens is 1. The molecule has 1 aliphatic heterocycles. The van der Waals surface area contributed by atoms with Crippen LogP contribution < -0.4 is 13.9 Å². The second kappa shape index (κ2) is 10.4. The first-order chi connectivity index (χ1) is 15.5. The maximum absolute atomic E-state index is 11.0. The van der Waals surface area contributed by atoms with E-state index in [1.807, 2.05) is 36.4 Å². The molecule has 33 heavy (non-hydrogen) atoms. The van der Waals surface area contributed by atoms with Crippen molar-refractivity contribution in [2.45, 2.75) is 77.1 Å². The summed E-state index contributed by atoms with van der Waals surface area (Å²) in [6.45, 7) is 14.3. The second-order valence-corrected chi connectivity index (χ2v) is 15.5. The Morgan fingerprint density at radius 2 is 1.70 bits per heavy atom. The monoisotopic (exact) mass is 490 g/mol. The minimum atomic E-state index is -2.05. The van der Waals surface area contributed by atoms with Gasteiger partial charge in [0.1, 0.15) is 23.9 Å². The molecule has 7 heteroatoms. The lowest BCUT2D eigenvalue weighted by molar-refractivity contribution is -0.137. The number of aliphatic carboxylic acids is 1. The topological polar surface area (TPSA) is 65.0 Å². The van der Waals surface area contributed by atoms with Crippen molar-refractivity contribution in [3.63, 3.8) is 0 Å². The van der Waals surface area contributed by atoms with Crippen molar-refractivity contribution in [1.82, 2.24) is 0 Å². The number of hydrogen-bond acceptors (Lipinski definition) is 4. The van der Waals surface area contributed by atoms with Crippen LogP contribution in [-0.2, 0) is 11.4 Å². The molecular formula is C26H35ClO5Si. The van der Waals surface area contributed by atoms with Gasteiger partial charge in [-0.2, -0.15) is 0 Å². The van der Waals surface area contributed by atoms with Crippen LogP contribution in [0.4, 0.5) is 0 Å². The largest absolute Gasteiger partial charge is 0.543 e. The Balaban J connectivity index is 1.70. The average Bonchev–Trinajstić information content (AvgIpc) is 3.11. The van der Waals surface area contributed by atoms with Crippen LogP contribution in [0, 0.1) is 0 Å². The molecule has 1 atom stereocenters. The zero-order valence-corrected chi connectivity index (χ0v) is 22.1. The third-order valence-electron chi connectivity index (χ3n) is 6.71. The highest BCUT2D eigenvalue weighted by atomic mass is 35.5. The molecule has 0 saturated heterocycles. The van der Waals surface area contributed by atoms with Gasteiger partial charge >= 0.3 is 5.97 Å². The van der Waals surface area contributed by atoms with Crippen molar-refractivity contribution in [3.05, 3.63) is 52.5 Å². The quantitative estimate of drug-likeness (QED) is 0.351. The van der Waals surface area contributed by atoms with E-state index in [9.17, 15) is 4.79 Å². The Morgan fingerprint density at radius 1 is 1.06 bits per heavy atom. The van der Waals surface area contributed by atoms with Crippen LogP contribution in [0.1, 0.15) is 65.0 Å². The van der Waals surface area contributed by atoms with Crippen LogP contribution in [0.15, 0.2) is 36.4 Å².